The van der Waals surface area contributed by atoms with Gasteiger partial charge < -0.3 is 0 Å². The highest BCUT2D eigenvalue weighted by atomic mass is 32.2. The summed E-state index contributed by atoms with van der Waals surface area (Å²) in [7, 11) is -3.02. The van der Waals surface area contributed by atoms with Crippen LogP contribution in [0.15, 0.2) is 23.6 Å². The Bertz CT molecular complexity index is 636. The van der Waals surface area contributed by atoms with Crippen LogP contribution < -0.4 is 0 Å². The number of hydrogen-bond acceptors (Lipinski definition) is 3. The van der Waals surface area contributed by atoms with E-state index in [0.29, 0.717) is 0 Å². The molecule has 2 aromatic rings. The maximum Gasteiger partial charge on any atom is 0.156 e. The Balaban J connectivity index is 2.47. The third kappa shape index (κ3) is 2.53. The van der Waals surface area contributed by atoms with E-state index in [9.17, 15) is 8.42 Å². The van der Waals surface area contributed by atoms with Gasteiger partial charge >= 0.3 is 0 Å². The van der Waals surface area contributed by atoms with E-state index in [4.69, 9.17) is 0 Å². The molecule has 0 radical (unpaired) electrons. The fourth-order valence-corrected chi connectivity index (χ4v) is 3.75. The summed E-state index contributed by atoms with van der Waals surface area (Å²) in [6, 6.07) is 6.18. The first-order valence-electron chi connectivity index (χ1n) is 5.58. The average Bonchev–Trinajstić information content (AvgIpc) is 2.60. The molecule has 0 atom stereocenters. The van der Waals surface area contributed by atoms with Crippen molar-refractivity contribution >= 4 is 31.3 Å². The Morgan fingerprint density at radius 3 is 2.65 bits per heavy atom. The van der Waals surface area contributed by atoms with Crippen LogP contribution in [0.1, 0.15) is 25.0 Å². The second kappa shape index (κ2) is 4.42. The highest BCUT2D eigenvalue weighted by Gasteiger charge is 2.18. The van der Waals surface area contributed by atoms with E-state index < -0.39 is 9.84 Å². The summed E-state index contributed by atoms with van der Waals surface area (Å²) in [6.07, 6.45) is 0. The minimum absolute atomic E-state index is 0.147. The zero-order chi connectivity index (χ0) is 12.6. The first kappa shape index (κ1) is 12.6. The molecule has 0 amide bonds. The molecule has 92 valence electrons. The lowest BCUT2D eigenvalue weighted by Gasteiger charge is -2.06. The van der Waals surface area contributed by atoms with E-state index in [2.05, 4.69) is 18.2 Å². The molecule has 1 aromatic heterocycles. The molecule has 2 rings (SSSR count). The van der Waals surface area contributed by atoms with Crippen LogP contribution in [0.3, 0.4) is 0 Å². The van der Waals surface area contributed by atoms with Crippen LogP contribution in [0.5, 0.6) is 0 Å². The van der Waals surface area contributed by atoms with Crippen LogP contribution in [0.2, 0.25) is 0 Å². The van der Waals surface area contributed by atoms with Crippen LogP contribution >= 0.6 is 11.3 Å². The summed E-state index contributed by atoms with van der Waals surface area (Å²) < 4.78 is 25.0. The molecule has 2 nitrogen and oxygen atoms in total. The van der Waals surface area contributed by atoms with Gasteiger partial charge in [0.25, 0.3) is 0 Å². The van der Waals surface area contributed by atoms with Gasteiger partial charge in [0.15, 0.2) is 9.84 Å². The van der Waals surface area contributed by atoms with Gasteiger partial charge in [-0.15, -0.1) is 11.3 Å². The molecular weight excluding hydrogens is 252 g/mol. The Morgan fingerprint density at radius 2 is 2.00 bits per heavy atom. The number of sulfone groups is 1. The van der Waals surface area contributed by atoms with Gasteiger partial charge in [-0.1, -0.05) is 17.7 Å². The zero-order valence-electron chi connectivity index (χ0n) is 10.2. The largest absolute Gasteiger partial charge is 0.228 e. The van der Waals surface area contributed by atoms with Gasteiger partial charge in [-0.3, -0.25) is 0 Å². The van der Waals surface area contributed by atoms with Crippen molar-refractivity contribution in [3.05, 3.63) is 34.7 Å². The fourth-order valence-electron chi connectivity index (χ4n) is 1.69. The van der Waals surface area contributed by atoms with Crippen molar-refractivity contribution in [3.8, 4) is 0 Å². The molecule has 0 saturated carbocycles. The maximum atomic E-state index is 11.9. The standard InChI is InChI=1S/C13H16O2S2/c1-9(2)17(14,15)8-11-7-16-13-5-4-10(3)6-12(11)13/h4-7,9H,8H2,1-3H3. The zero-order valence-corrected chi connectivity index (χ0v) is 11.9. The van der Waals surface area contributed by atoms with Crippen molar-refractivity contribution in [2.24, 2.45) is 0 Å². The fraction of sp³-hybridized carbons (Fsp3) is 0.385. The van der Waals surface area contributed by atoms with Crippen molar-refractivity contribution in [3.63, 3.8) is 0 Å². The first-order chi connectivity index (χ1) is 7.90. The van der Waals surface area contributed by atoms with Gasteiger partial charge in [0.1, 0.15) is 0 Å². The van der Waals surface area contributed by atoms with Gasteiger partial charge in [0.05, 0.1) is 11.0 Å². The molecule has 0 bridgehead atoms. The van der Waals surface area contributed by atoms with Gasteiger partial charge in [-0.2, -0.15) is 0 Å². The van der Waals surface area contributed by atoms with Crippen LogP contribution in [-0.2, 0) is 15.6 Å². The molecule has 0 aliphatic carbocycles. The molecule has 0 fully saturated rings. The minimum atomic E-state index is -3.02. The summed E-state index contributed by atoms with van der Waals surface area (Å²) in [5.41, 5.74) is 2.10. The van der Waals surface area contributed by atoms with E-state index in [-0.39, 0.29) is 11.0 Å². The highest BCUT2D eigenvalue weighted by Crippen LogP contribution is 2.28. The second-order valence-corrected chi connectivity index (χ2v) is 8.08. The van der Waals surface area contributed by atoms with Crippen molar-refractivity contribution in [1.29, 1.82) is 0 Å². The van der Waals surface area contributed by atoms with Crippen molar-refractivity contribution < 1.29 is 8.42 Å². The summed E-state index contributed by atoms with van der Waals surface area (Å²) in [6.45, 7) is 5.49. The predicted octanol–water partition coefficient (Wildman–Crippen LogP) is 3.53. The number of fused-ring (bicyclic) bond motifs is 1. The number of aryl methyl sites for hydroxylation is 1. The monoisotopic (exact) mass is 268 g/mol. The number of hydrogen-bond donors (Lipinski definition) is 0. The van der Waals surface area contributed by atoms with Gasteiger partial charge in [0.2, 0.25) is 0 Å². The topological polar surface area (TPSA) is 34.1 Å². The lowest BCUT2D eigenvalue weighted by Crippen LogP contribution is -2.15. The average molecular weight is 268 g/mol. The molecule has 4 heteroatoms. The van der Waals surface area contributed by atoms with E-state index in [1.807, 2.05) is 12.3 Å². The third-order valence-corrected chi connectivity index (χ3v) is 6.05. The van der Waals surface area contributed by atoms with Gasteiger partial charge in [-0.05, 0) is 43.2 Å². The summed E-state index contributed by atoms with van der Waals surface area (Å²) in [5, 5.41) is 2.73. The molecule has 0 aliphatic rings. The van der Waals surface area contributed by atoms with Crippen LogP contribution in [0.25, 0.3) is 10.1 Å². The highest BCUT2D eigenvalue weighted by molar-refractivity contribution is 7.91. The summed E-state index contributed by atoms with van der Waals surface area (Å²) in [5.74, 6) is 0.147. The molecule has 1 aromatic carbocycles. The SMILES string of the molecule is Cc1ccc2scc(CS(=O)(=O)C(C)C)c2c1. The van der Waals surface area contributed by atoms with E-state index >= 15 is 0 Å². The van der Waals surface area contributed by atoms with Crippen molar-refractivity contribution in [1.82, 2.24) is 0 Å². The van der Waals surface area contributed by atoms with Crippen molar-refractivity contribution in [2.45, 2.75) is 31.8 Å². The Morgan fingerprint density at radius 1 is 1.29 bits per heavy atom. The Kier molecular flexibility index (Phi) is 3.27. The van der Waals surface area contributed by atoms with Crippen LogP contribution in [0, 0.1) is 6.92 Å². The number of thiophene rings is 1. The van der Waals surface area contributed by atoms with Gasteiger partial charge in [0, 0.05) is 4.70 Å². The minimum Gasteiger partial charge on any atom is -0.228 e. The maximum absolute atomic E-state index is 11.9. The van der Waals surface area contributed by atoms with E-state index in [0.717, 1.165) is 15.6 Å². The van der Waals surface area contributed by atoms with E-state index in [1.165, 1.54) is 5.56 Å². The smallest absolute Gasteiger partial charge is 0.156 e. The molecule has 0 spiro atoms. The molecule has 0 N–H and O–H groups in total. The van der Waals surface area contributed by atoms with Gasteiger partial charge in [-0.25, -0.2) is 8.42 Å². The van der Waals surface area contributed by atoms with Crippen molar-refractivity contribution in [2.75, 3.05) is 0 Å². The Labute approximate surface area is 106 Å². The second-order valence-electron chi connectivity index (χ2n) is 4.62. The lowest BCUT2D eigenvalue weighted by atomic mass is 10.1. The third-order valence-electron chi connectivity index (χ3n) is 2.88. The molecule has 17 heavy (non-hydrogen) atoms. The molecule has 1 heterocycles. The van der Waals surface area contributed by atoms with Crippen LogP contribution in [0.4, 0.5) is 0 Å². The van der Waals surface area contributed by atoms with Crippen LogP contribution in [-0.4, -0.2) is 13.7 Å². The molecule has 0 aliphatic heterocycles. The number of rotatable bonds is 3. The Hall–Kier alpha value is -0.870. The predicted molar refractivity (Wildman–Crippen MR) is 74.3 cm³/mol. The summed E-state index contributed by atoms with van der Waals surface area (Å²) in [4.78, 5) is 0. The summed E-state index contributed by atoms with van der Waals surface area (Å²) >= 11 is 1.61. The first-order valence-corrected chi connectivity index (χ1v) is 8.18. The molecular formula is C13H16O2S2. The van der Waals surface area contributed by atoms with E-state index in [1.54, 1.807) is 25.2 Å². The normalized spacial score (nSPS) is 12.5. The number of benzene rings is 1. The lowest BCUT2D eigenvalue weighted by molar-refractivity contribution is 0.587. The quantitative estimate of drug-likeness (QED) is 0.853. The molecule has 0 saturated heterocycles. The molecule has 0 unspecified atom stereocenters.